The van der Waals surface area contributed by atoms with Gasteiger partial charge < -0.3 is 27.9 Å². The number of carbonyl (C=O) groups is 1. The maximum Gasteiger partial charge on any atom is 0.305 e. The monoisotopic (exact) mass is 537 g/mol. The number of phosphoric ester groups is 1. The number of carbonyl (C=O) groups excluding carboxylic acids is 1. The van der Waals surface area contributed by atoms with Gasteiger partial charge in [0, 0.05) is 13.0 Å². The van der Waals surface area contributed by atoms with Gasteiger partial charge in [0.1, 0.15) is 19.3 Å². The van der Waals surface area contributed by atoms with Crippen LogP contribution in [0.3, 0.4) is 0 Å². The Hall–Kier alpha value is -0.500. The van der Waals surface area contributed by atoms with Gasteiger partial charge in [0.2, 0.25) is 0 Å². The summed E-state index contributed by atoms with van der Waals surface area (Å²) in [5.74, 6) is -0.421. The molecule has 1 unspecified atom stereocenters. The van der Waals surface area contributed by atoms with Crippen molar-refractivity contribution in [2.45, 2.75) is 116 Å². The van der Waals surface area contributed by atoms with Crippen molar-refractivity contribution in [1.29, 1.82) is 0 Å². The fourth-order valence-corrected chi connectivity index (χ4v) is 4.37. The van der Waals surface area contributed by atoms with E-state index in [1.807, 2.05) is 21.1 Å². The third kappa shape index (κ3) is 25.2. The highest BCUT2D eigenvalue weighted by molar-refractivity contribution is 7.45. The van der Waals surface area contributed by atoms with Crippen LogP contribution in [0.4, 0.5) is 0 Å². The van der Waals surface area contributed by atoms with Crippen LogP contribution in [0.2, 0.25) is 0 Å². The molecular weight excluding hydrogens is 481 g/mol. The molecule has 0 fully saturated rings. The third-order valence-electron chi connectivity index (χ3n) is 5.96. The van der Waals surface area contributed by atoms with Gasteiger partial charge in [-0.3, -0.25) is 9.36 Å². The average molecular weight is 538 g/mol. The van der Waals surface area contributed by atoms with Crippen LogP contribution in [0, 0.1) is 0 Å². The maximum absolute atomic E-state index is 12.0. The number of ether oxygens (including phenoxy) is 2. The van der Waals surface area contributed by atoms with Crippen molar-refractivity contribution in [3.63, 3.8) is 0 Å². The van der Waals surface area contributed by atoms with Crippen LogP contribution in [-0.4, -0.2) is 70.7 Å². The van der Waals surface area contributed by atoms with Crippen LogP contribution in [0.25, 0.3) is 0 Å². The number of quaternary nitrogens is 1. The minimum atomic E-state index is -4.47. The van der Waals surface area contributed by atoms with Crippen molar-refractivity contribution in [3.8, 4) is 0 Å². The number of likely N-dealkylation sites (N-methyl/N-ethyl adjacent to an activating group) is 1. The number of phosphoric acid groups is 1. The Labute approximate surface area is 221 Å². The lowest BCUT2D eigenvalue weighted by Gasteiger charge is -2.28. The highest BCUT2D eigenvalue weighted by Crippen LogP contribution is 2.38. The Morgan fingerprint density at radius 2 is 1.25 bits per heavy atom. The molecule has 0 bridgehead atoms. The van der Waals surface area contributed by atoms with Gasteiger partial charge >= 0.3 is 5.97 Å². The molecule has 0 amide bonds. The van der Waals surface area contributed by atoms with E-state index >= 15 is 0 Å². The lowest BCUT2D eigenvalue weighted by molar-refractivity contribution is -0.870. The summed E-state index contributed by atoms with van der Waals surface area (Å²) in [7, 11) is 1.35. The molecule has 0 aromatic carbocycles. The Kier molecular flexibility index (Phi) is 22.2. The highest BCUT2D eigenvalue weighted by atomic mass is 31.2. The summed E-state index contributed by atoms with van der Waals surface area (Å²) < 4.78 is 33.3. The number of esters is 1. The molecule has 0 saturated carbocycles. The minimum absolute atomic E-state index is 0.0271. The van der Waals surface area contributed by atoms with E-state index in [9.17, 15) is 14.3 Å². The van der Waals surface area contributed by atoms with Gasteiger partial charge in [0.25, 0.3) is 7.82 Å². The van der Waals surface area contributed by atoms with Crippen LogP contribution >= 0.6 is 7.82 Å². The molecule has 0 N–H and O–H groups in total. The van der Waals surface area contributed by atoms with E-state index in [1.54, 1.807) is 6.92 Å². The highest BCUT2D eigenvalue weighted by Gasteiger charge is 2.19. The second-order valence-corrected chi connectivity index (χ2v) is 12.1. The molecule has 0 heterocycles. The molecule has 0 aliphatic carbocycles. The molecule has 0 aliphatic heterocycles. The van der Waals surface area contributed by atoms with Gasteiger partial charge in [-0.05, 0) is 6.42 Å². The molecule has 0 rings (SSSR count). The molecule has 0 spiro atoms. The SMILES string of the molecule is CCCCCCCCCCCCCCCCOC[C@H](COP(=O)([O-])OCC[N+](C)(C)C)OC(=O)CC. The molecular formula is C27H56NO7P. The van der Waals surface area contributed by atoms with E-state index in [0.29, 0.717) is 17.6 Å². The summed E-state index contributed by atoms with van der Waals surface area (Å²) in [5, 5.41) is 0. The van der Waals surface area contributed by atoms with Gasteiger partial charge in [0.15, 0.2) is 0 Å². The number of rotatable bonds is 26. The Balaban J connectivity index is 3.88. The average Bonchev–Trinajstić information content (AvgIpc) is 2.81. The molecule has 216 valence electrons. The van der Waals surface area contributed by atoms with E-state index < -0.39 is 19.9 Å². The summed E-state index contributed by atoms with van der Waals surface area (Å²) in [6.45, 7) is 4.83. The smallest absolute Gasteiger partial charge is 0.305 e. The van der Waals surface area contributed by atoms with E-state index in [4.69, 9.17) is 18.5 Å². The zero-order valence-corrected chi connectivity index (χ0v) is 24.9. The molecule has 2 atom stereocenters. The molecule has 0 aromatic heterocycles. The van der Waals surface area contributed by atoms with E-state index in [2.05, 4.69) is 6.92 Å². The van der Waals surface area contributed by atoms with Gasteiger partial charge in [-0.15, -0.1) is 0 Å². The summed E-state index contributed by atoms with van der Waals surface area (Å²) in [6.07, 6.45) is 17.5. The standard InChI is InChI=1S/C27H56NO7P/c1-6-8-9-10-11-12-13-14-15-16-17-18-19-20-22-32-24-26(35-27(29)7-2)25-34-36(30,31)33-23-21-28(3,4)5/h26H,6-25H2,1-5H3/t26-/m1/s1. The zero-order valence-electron chi connectivity index (χ0n) is 24.0. The largest absolute Gasteiger partial charge is 0.756 e. The lowest BCUT2D eigenvalue weighted by Crippen LogP contribution is -2.37. The molecule has 36 heavy (non-hydrogen) atoms. The third-order valence-corrected chi connectivity index (χ3v) is 6.93. The molecule has 0 aromatic rings. The van der Waals surface area contributed by atoms with Crippen LogP contribution in [0.5, 0.6) is 0 Å². The normalized spacial score (nSPS) is 14.5. The van der Waals surface area contributed by atoms with Crippen LogP contribution in [0.1, 0.15) is 110 Å². The zero-order chi connectivity index (χ0) is 27.1. The lowest BCUT2D eigenvalue weighted by atomic mass is 10.0. The fourth-order valence-electron chi connectivity index (χ4n) is 3.64. The number of hydrogen-bond acceptors (Lipinski definition) is 7. The minimum Gasteiger partial charge on any atom is -0.756 e. The van der Waals surface area contributed by atoms with Gasteiger partial charge in [-0.1, -0.05) is 97.3 Å². The van der Waals surface area contributed by atoms with E-state index in [0.717, 1.165) is 12.8 Å². The van der Waals surface area contributed by atoms with Crippen molar-refractivity contribution in [2.75, 3.05) is 54.1 Å². The number of nitrogens with zero attached hydrogens (tertiary/aromatic N) is 1. The molecule has 0 saturated heterocycles. The summed E-state index contributed by atoms with van der Waals surface area (Å²) in [5.41, 5.74) is 0. The second-order valence-electron chi connectivity index (χ2n) is 10.7. The van der Waals surface area contributed by atoms with Crippen LogP contribution < -0.4 is 4.89 Å². The van der Waals surface area contributed by atoms with Crippen molar-refractivity contribution < 1.29 is 37.3 Å². The first-order chi connectivity index (χ1) is 17.1. The fraction of sp³-hybridized carbons (Fsp3) is 0.963. The topological polar surface area (TPSA) is 94.1 Å². The van der Waals surface area contributed by atoms with Gasteiger partial charge in [-0.25, -0.2) is 0 Å². The van der Waals surface area contributed by atoms with E-state index in [-0.39, 0.29) is 26.2 Å². The van der Waals surface area contributed by atoms with E-state index in [1.165, 1.54) is 77.0 Å². The molecule has 0 aliphatic rings. The summed E-state index contributed by atoms with van der Waals surface area (Å²) in [6, 6.07) is 0. The molecule has 0 radical (unpaired) electrons. The van der Waals surface area contributed by atoms with Crippen LogP contribution in [0.15, 0.2) is 0 Å². The molecule has 9 heteroatoms. The Bertz CT molecular complexity index is 569. The quantitative estimate of drug-likeness (QED) is 0.0577. The second kappa shape index (κ2) is 22.5. The first-order valence-electron chi connectivity index (χ1n) is 14.3. The number of hydrogen-bond donors (Lipinski definition) is 0. The Morgan fingerprint density at radius 3 is 1.72 bits per heavy atom. The summed E-state index contributed by atoms with van der Waals surface area (Å²) in [4.78, 5) is 23.7. The van der Waals surface area contributed by atoms with Gasteiger partial charge in [-0.2, -0.15) is 0 Å². The number of unbranched alkanes of at least 4 members (excludes halogenated alkanes) is 13. The van der Waals surface area contributed by atoms with Crippen molar-refractivity contribution in [3.05, 3.63) is 0 Å². The van der Waals surface area contributed by atoms with Crippen molar-refractivity contribution in [1.82, 2.24) is 0 Å². The predicted molar refractivity (Wildman–Crippen MR) is 144 cm³/mol. The van der Waals surface area contributed by atoms with Crippen LogP contribution in [-0.2, 0) is 27.9 Å². The maximum atomic E-state index is 12.0. The Morgan fingerprint density at radius 1 is 0.750 bits per heavy atom. The predicted octanol–water partition coefficient (Wildman–Crippen LogP) is 6.01. The first-order valence-corrected chi connectivity index (χ1v) is 15.7. The molecule has 8 nitrogen and oxygen atoms in total. The summed E-state index contributed by atoms with van der Waals surface area (Å²) >= 11 is 0. The first kappa shape index (κ1) is 35.5. The van der Waals surface area contributed by atoms with Gasteiger partial charge in [0.05, 0.1) is 34.4 Å². The van der Waals surface area contributed by atoms with Crippen molar-refractivity contribution in [2.24, 2.45) is 0 Å². The van der Waals surface area contributed by atoms with Crippen molar-refractivity contribution >= 4 is 13.8 Å².